The molecule has 0 spiro atoms. The first-order chi connectivity index (χ1) is 9.70. The van der Waals surface area contributed by atoms with Gasteiger partial charge in [-0.3, -0.25) is 4.68 Å². The molecule has 2 aromatic rings. The van der Waals surface area contributed by atoms with Crippen molar-refractivity contribution < 1.29 is 4.74 Å². The van der Waals surface area contributed by atoms with Gasteiger partial charge in [0.05, 0.1) is 22.5 Å². The summed E-state index contributed by atoms with van der Waals surface area (Å²) in [5.41, 5.74) is 4.61. The van der Waals surface area contributed by atoms with Crippen molar-refractivity contribution in [2.75, 3.05) is 13.7 Å². The highest BCUT2D eigenvalue weighted by Crippen LogP contribution is 2.34. The molecule has 0 fully saturated rings. The molecular weight excluding hydrogens is 318 g/mol. The maximum Gasteiger partial charge on any atom is 0.122 e. The van der Waals surface area contributed by atoms with Crippen LogP contribution < -0.4 is 10.1 Å². The maximum atomic E-state index is 5.67. The normalized spacial score (nSPS) is 13.9. The fraction of sp³-hybridized carbons (Fsp3) is 0.400. The van der Waals surface area contributed by atoms with E-state index in [1.807, 2.05) is 18.8 Å². The highest BCUT2D eigenvalue weighted by Gasteiger charge is 2.17. The minimum atomic E-state index is 0.752. The fourth-order valence-corrected chi connectivity index (χ4v) is 3.36. The van der Waals surface area contributed by atoms with Gasteiger partial charge in [-0.05, 0) is 59.6 Å². The summed E-state index contributed by atoms with van der Waals surface area (Å²) in [6.07, 6.45) is 2.18. The summed E-state index contributed by atoms with van der Waals surface area (Å²) in [7, 11) is 3.91. The number of hydrogen-bond donors (Lipinski definition) is 1. The van der Waals surface area contributed by atoms with Gasteiger partial charge in [-0.2, -0.15) is 5.10 Å². The molecule has 0 amide bonds. The molecule has 0 atom stereocenters. The van der Waals surface area contributed by atoms with E-state index in [-0.39, 0.29) is 0 Å². The number of ether oxygens (including phenoxy) is 1. The third-order valence-electron chi connectivity index (χ3n) is 3.58. The Bertz CT molecular complexity index is 636. The summed E-state index contributed by atoms with van der Waals surface area (Å²) in [5.74, 6) is 1.02. The lowest BCUT2D eigenvalue weighted by molar-refractivity contribution is 0.288. The second kappa shape index (κ2) is 5.58. The monoisotopic (exact) mass is 335 g/mol. The van der Waals surface area contributed by atoms with Crippen LogP contribution in [-0.4, -0.2) is 23.4 Å². The molecular formula is C15H18BrN3O. The van der Waals surface area contributed by atoms with Crippen LogP contribution in [0.3, 0.4) is 0 Å². The lowest BCUT2D eigenvalue weighted by Crippen LogP contribution is -2.08. The van der Waals surface area contributed by atoms with Gasteiger partial charge in [-0.15, -0.1) is 0 Å². The summed E-state index contributed by atoms with van der Waals surface area (Å²) in [5, 5.41) is 7.71. The van der Waals surface area contributed by atoms with Gasteiger partial charge in [-0.1, -0.05) is 0 Å². The quantitative estimate of drug-likeness (QED) is 0.937. The Hall–Kier alpha value is -1.33. The van der Waals surface area contributed by atoms with Gasteiger partial charge in [0.25, 0.3) is 0 Å². The van der Waals surface area contributed by atoms with E-state index in [1.54, 1.807) is 0 Å². The van der Waals surface area contributed by atoms with Crippen LogP contribution in [0.4, 0.5) is 0 Å². The van der Waals surface area contributed by atoms with Gasteiger partial charge in [0, 0.05) is 19.2 Å². The van der Waals surface area contributed by atoms with Gasteiger partial charge < -0.3 is 10.1 Å². The van der Waals surface area contributed by atoms with E-state index < -0.39 is 0 Å². The van der Waals surface area contributed by atoms with E-state index in [2.05, 4.69) is 44.5 Å². The number of rotatable bonds is 3. The summed E-state index contributed by atoms with van der Waals surface area (Å²) in [6.45, 7) is 1.58. The number of aryl methyl sites for hydroxylation is 2. The predicted octanol–water partition coefficient (Wildman–Crippen LogP) is 2.89. The van der Waals surface area contributed by atoms with Gasteiger partial charge >= 0.3 is 0 Å². The van der Waals surface area contributed by atoms with Gasteiger partial charge in [0.2, 0.25) is 0 Å². The second-order valence-electron chi connectivity index (χ2n) is 5.04. The molecule has 1 N–H and O–H groups in total. The van der Waals surface area contributed by atoms with Crippen LogP contribution in [0.5, 0.6) is 5.75 Å². The number of benzene rings is 1. The summed E-state index contributed by atoms with van der Waals surface area (Å²) in [6, 6.07) is 6.40. The Balaban J connectivity index is 2.04. The van der Waals surface area contributed by atoms with Crippen molar-refractivity contribution in [1.82, 2.24) is 15.1 Å². The smallest absolute Gasteiger partial charge is 0.122 e. The molecule has 0 saturated carbocycles. The first-order valence-electron chi connectivity index (χ1n) is 6.82. The number of halogens is 1. The van der Waals surface area contributed by atoms with Gasteiger partial charge in [0.1, 0.15) is 5.75 Å². The third kappa shape index (κ3) is 2.36. The molecule has 1 aromatic carbocycles. The summed E-state index contributed by atoms with van der Waals surface area (Å²) in [4.78, 5) is 0. The molecule has 1 aliphatic rings. The Morgan fingerprint density at radius 3 is 3.10 bits per heavy atom. The molecule has 0 saturated heterocycles. The molecule has 2 heterocycles. The molecule has 0 bridgehead atoms. The number of nitrogens with one attached hydrogen (secondary N) is 1. The topological polar surface area (TPSA) is 39.1 Å². The molecule has 5 heteroatoms. The zero-order valence-corrected chi connectivity index (χ0v) is 13.3. The lowest BCUT2D eigenvalue weighted by atomic mass is 10.0. The minimum Gasteiger partial charge on any atom is -0.493 e. The molecule has 4 nitrogen and oxygen atoms in total. The first-order valence-corrected chi connectivity index (χ1v) is 7.62. The number of fused-ring (bicyclic) bond motifs is 1. The Labute approximate surface area is 127 Å². The van der Waals surface area contributed by atoms with Crippen LogP contribution >= 0.6 is 15.9 Å². The average Bonchev–Trinajstić information content (AvgIpc) is 2.73. The molecule has 0 radical (unpaired) electrons. The largest absolute Gasteiger partial charge is 0.493 e. The zero-order valence-electron chi connectivity index (χ0n) is 11.7. The standard InChI is InChI=1S/C15H18BrN3O/c1-17-9-12-14(16)15(19(2)18-12)11-5-6-13-10(8-11)4-3-7-20-13/h5-6,8,17H,3-4,7,9H2,1-2H3. The fourth-order valence-electron chi connectivity index (χ4n) is 2.66. The van der Waals surface area contributed by atoms with E-state index in [0.29, 0.717) is 0 Å². The van der Waals surface area contributed by atoms with Crippen molar-refractivity contribution in [3.05, 3.63) is 33.9 Å². The van der Waals surface area contributed by atoms with Crippen LogP contribution in [0.2, 0.25) is 0 Å². The van der Waals surface area contributed by atoms with Crippen molar-refractivity contribution in [3.63, 3.8) is 0 Å². The Morgan fingerprint density at radius 1 is 1.45 bits per heavy atom. The summed E-state index contributed by atoms with van der Waals surface area (Å²) < 4.78 is 8.67. The number of nitrogens with zero attached hydrogens (tertiary/aromatic N) is 2. The van der Waals surface area contributed by atoms with E-state index in [1.165, 1.54) is 11.1 Å². The van der Waals surface area contributed by atoms with Gasteiger partial charge in [0.15, 0.2) is 0 Å². The molecule has 0 unspecified atom stereocenters. The molecule has 106 valence electrons. The highest BCUT2D eigenvalue weighted by molar-refractivity contribution is 9.10. The second-order valence-corrected chi connectivity index (χ2v) is 5.83. The Kier molecular flexibility index (Phi) is 3.81. The van der Waals surface area contributed by atoms with E-state index >= 15 is 0 Å². The van der Waals surface area contributed by atoms with Crippen LogP contribution in [0.25, 0.3) is 11.3 Å². The minimum absolute atomic E-state index is 0.752. The zero-order chi connectivity index (χ0) is 14.1. The Morgan fingerprint density at radius 2 is 2.30 bits per heavy atom. The molecule has 1 aliphatic heterocycles. The predicted molar refractivity (Wildman–Crippen MR) is 82.9 cm³/mol. The van der Waals surface area contributed by atoms with Crippen LogP contribution in [0.15, 0.2) is 22.7 Å². The average molecular weight is 336 g/mol. The van der Waals surface area contributed by atoms with Crippen molar-refractivity contribution >= 4 is 15.9 Å². The maximum absolute atomic E-state index is 5.67. The SMILES string of the molecule is CNCc1nn(C)c(-c2ccc3c(c2)CCCO3)c1Br. The molecule has 0 aliphatic carbocycles. The molecule has 20 heavy (non-hydrogen) atoms. The van der Waals surface area contributed by atoms with Crippen LogP contribution in [0, 0.1) is 0 Å². The first kappa shape index (κ1) is 13.6. The third-order valence-corrected chi connectivity index (χ3v) is 4.42. The van der Waals surface area contributed by atoms with Gasteiger partial charge in [-0.25, -0.2) is 0 Å². The van der Waals surface area contributed by atoms with Crippen molar-refractivity contribution in [1.29, 1.82) is 0 Å². The van der Waals surface area contributed by atoms with Crippen LogP contribution in [0.1, 0.15) is 17.7 Å². The summed E-state index contributed by atoms with van der Waals surface area (Å²) >= 11 is 3.68. The van der Waals surface area contributed by atoms with E-state index in [0.717, 1.165) is 47.6 Å². The lowest BCUT2D eigenvalue weighted by Gasteiger charge is -2.18. The molecule has 3 rings (SSSR count). The van der Waals surface area contributed by atoms with Crippen molar-refractivity contribution in [3.8, 4) is 17.0 Å². The van der Waals surface area contributed by atoms with E-state index in [9.17, 15) is 0 Å². The molecule has 1 aromatic heterocycles. The number of aromatic nitrogens is 2. The van der Waals surface area contributed by atoms with E-state index in [4.69, 9.17) is 4.74 Å². The van der Waals surface area contributed by atoms with Crippen LogP contribution in [-0.2, 0) is 20.0 Å². The van der Waals surface area contributed by atoms with Crippen molar-refractivity contribution in [2.45, 2.75) is 19.4 Å². The number of hydrogen-bond acceptors (Lipinski definition) is 3. The van der Waals surface area contributed by atoms with Crippen molar-refractivity contribution in [2.24, 2.45) is 7.05 Å². The highest BCUT2D eigenvalue weighted by atomic mass is 79.9.